The minimum absolute atomic E-state index is 0.0139. The van der Waals surface area contributed by atoms with Crippen molar-refractivity contribution in [2.24, 2.45) is 0 Å². The van der Waals surface area contributed by atoms with E-state index in [2.05, 4.69) is 21.2 Å². The van der Waals surface area contributed by atoms with Crippen LogP contribution in [0.1, 0.15) is 5.56 Å². The summed E-state index contributed by atoms with van der Waals surface area (Å²) < 4.78 is 35.8. The number of nitro groups is 1. The number of thioether (sulfide) groups is 1. The molecule has 1 fully saturated rings. The Kier molecular flexibility index (Phi) is 6.14. The number of nitrogens with zero attached hydrogens (tertiary/aromatic N) is 1. The van der Waals surface area contributed by atoms with Gasteiger partial charge >= 0.3 is 10.1 Å². The van der Waals surface area contributed by atoms with Crippen LogP contribution in [0.25, 0.3) is 6.08 Å². The Labute approximate surface area is 182 Å². The molecular formula is C17H11BrN2O8S2. The molecule has 1 heterocycles. The van der Waals surface area contributed by atoms with E-state index in [9.17, 15) is 28.1 Å². The van der Waals surface area contributed by atoms with Crippen molar-refractivity contribution in [1.29, 1.82) is 0 Å². The maximum atomic E-state index is 12.6. The Hall–Kier alpha value is -2.90. The number of hydrogen-bond acceptors (Lipinski definition) is 9. The first-order valence-electron chi connectivity index (χ1n) is 7.92. The highest BCUT2D eigenvalue weighted by Gasteiger charge is 2.26. The van der Waals surface area contributed by atoms with E-state index in [1.807, 2.05) is 0 Å². The number of benzene rings is 2. The van der Waals surface area contributed by atoms with Gasteiger partial charge in [-0.05, 0) is 57.5 Å². The van der Waals surface area contributed by atoms with Crippen LogP contribution in [0.3, 0.4) is 0 Å². The first-order valence-corrected chi connectivity index (χ1v) is 10.9. The largest absolute Gasteiger partial charge is 0.493 e. The van der Waals surface area contributed by atoms with E-state index >= 15 is 0 Å². The lowest BCUT2D eigenvalue weighted by Gasteiger charge is -2.13. The summed E-state index contributed by atoms with van der Waals surface area (Å²) in [5, 5.41) is 12.5. The summed E-state index contributed by atoms with van der Waals surface area (Å²) in [6.07, 6.45) is 1.43. The summed E-state index contributed by atoms with van der Waals surface area (Å²) in [5.41, 5.74) is 0.0285. The van der Waals surface area contributed by atoms with Gasteiger partial charge in [0.25, 0.3) is 16.8 Å². The van der Waals surface area contributed by atoms with Gasteiger partial charge in [0.1, 0.15) is 4.90 Å². The number of ether oxygens (including phenoxy) is 1. The minimum atomic E-state index is -4.42. The first kappa shape index (κ1) is 21.8. The van der Waals surface area contributed by atoms with Crippen molar-refractivity contribution in [3.63, 3.8) is 0 Å². The lowest BCUT2D eigenvalue weighted by molar-refractivity contribution is -0.385. The van der Waals surface area contributed by atoms with Crippen LogP contribution in [0.4, 0.5) is 10.5 Å². The average molecular weight is 515 g/mol. The number of nitrogens with one attached hydrogen (secondary N) is 1. The van der Waals surface area contributed by atoms with Crippen LogP contribution in [0, 0.1) is 10.1 Å². The first-order chi connectivity index (χ1) is 14.1. The summed E-state index contributed by atoms with van der Waals surface area (Å²) >= 11 is 3.92. The molecule has 0 radical (unpaired) electrons. The summed E-state index contributed by atoms with van der Waals surface area (Å²) in [6.45, 7) is 0. The highest BCUT2D eigenvalue weighted by molar-refractivity contribution is 9.10. The molecule has 2 amide bonds. The van der Waals surface area contributed by atoms with E-state index in [0.29, 0.717) is 5.56 Å². The zero-order valence-corrected chi connectivity index (χ0v) is 18.2. The number of carbonyl (C=O) groups excluding carboxylic acids is 2. The molecule has 0 unspecified atom stereocenters. The molecule has 2 aromatic rings. The van der Waals surface area contributed by atoms with Gasteiger partial charge in [-0.1, -0.05) is 6.07 Å². The molecule has 30 heavy (non-hydrogen) atoms. The van der Waals surface area contributed by atoms with E-state index in [0.717, 1.165) is 30.0 Å². The standard InChI is InChI=1S/C17H11BrN2O8S2/c1-27-13-6-9(7-14-16(21)19-17(22)29-14)5-12(18)15(13)28-30(25,26)11-4-2-3-10(8-11)20(23)24/h2-8H,1H3,(H,19,21,22)/b14-7-. The lowest BCUT2D eigenvalue weighted by Crippen LogP contribution is -2.17. The number of rotatable bonds is 6. The van der Waals surface area contributed by atoms with Crippen LogP contribution in [0.15, 0.2) is 50.7 Å². The van der Waals surface area contributed by atoms with Crippen LogP contribution < -0.4 is 14.2 Å². The van der Waals surface area contributed by atoms with Gasteiger partial charge in [-0.15, -0.1) is 0 Å². The van der Waals surface area contributed by atoms with Crippen molar-refractivity contribution >= 4 is 60.7 Å². The zero-order valence-electron chi connectivity index (χ0n) is 14.9. The molecule has 0 aromatic heterocycles. The van der Waals surface area contributed by atoms with Gasteiger partial charge in [-0.3, -0.25) is 25.0 Å². The number of nitro benzene ring substituents is 1. The van der Waals surface area contributed by atoms with Gasteiger partial charge in [-0.25, -0.2) is 0 Å². The third kappa shape index (κ3) is 4.63. The van der Waals surface area contributed by atoms with Crippen LogP contribution in [-0.2, 0) is 14.9 Å². The van der Waals surface area contributed by atoms with Crippen molar-refractivity contribution in [3.8, 4) is 11.5 Å². The summed E-state index contributed by atoms with van der Waals surface area (Å²) in [7, 11) is -3.13. The van der Waals surface area contributed by atoms with Gasteiger partial charge in [0.05, 0.1) is 21.4 Å². The van der Waals surface area contributed by atoms with E-state index in [-0.39, 0.29) is 20.9 Å². The molecule has 0 bridgehead atoms. The van der Waals surface area contributed by atoms with Gasteiger partial charge in [0.2, 0.25) is 0 Å². The molecule has 13 heteroatoms. The van der Waals surface area contributed by atoms with Gasteiger partial charge in [0.15, 0.2) is 11.5 Å². The molecule has 0 spiro atoms. The summed E-state index contributed by atoms with van der Waals surface area (Å²) in [6, 6.07) is 7.29. The number of hydrogen-bond donors (Lipinski definition) is 1. The Bertz CT molecular complexity index is 1210. The molecule has 3 rings (SSSR count). The maximum absolute atomic E-state index is 12.6. The van der Waals surface area contributed by atoms with Crippen molar-refractivity contribution in [3.05, 3.63) is 61.5 Å². The van der Waals surface area contributed by atoms with E-state index in [4.69, 9.17) is 8.92 Å². The molecule has 10 nitrogen and oxygen atoms in total. The van der Waals surface area contributed by atoms with Crippen molar-refractivity contribution in [2.45, 2.75) is 4.90 Å². The summed E-state index contributed by atoms with van der Waals surface area (Å²) in [4.78, 5) is 32.9. The third-order valence-electron chi connectivity index (χ3n) is 3.70. The molecule has 0 saturated carbocycles. The number of methoxy groups -OCH3 is 1. The lowest BCUT2D eigenvalue weighted by atomic mass is 10.2. The Morgan fingerprint density at radius 2 is 1.97 bits per heavy atom. The second kappa shape index (κ2) is 8.45. The monoisotopic (exact) mass is 514 g/mol. The topological polar surface area (TPSA) is 142 Å². The number of non-ortho nitro benzene ring substituents is 1. The molecule has 156 valence electrons. The van der Waals surface area contributed by atoms with Crippen molar-refractivity contribution in [2.75, 3.05) is 7.11 Å². The van der Waals surface area contributed by atoms with Crippen LogP contribution in [-0.4, -0.2) is 31.6 Å². The Balaban J connectivity index is 1.97. The van der Waals surface area contributed by atoms with Gasteiger partial charge in [0, 0.05) is 12.1 Å². The van der Waals surface area contributed by atoms with Gasteiger partial charge in [-0.2, -0.15) is 8.42 Å². The second-order valence-electron chi connectivity index (χ2n) is 5.68. The Morgan fingerprint density at radius 1 is 1.23 bits per heavy atom. The van der Waals surface area contributed by atoms with E-state index in [1.165, 1.54) is 31.4 Å². The van der Waals surface area contributed by atoms with Crippen LogP contribution >= 0.6 is 27.7 Å². The fraction of sp³-hybridized carbons (Fsp3) is 0.0588. The molecule has 0 aliphatic carbocycles. The van der Waals surface area contributed by atoms with Gasteiger partial charge < -0.3 is 8.92 Å². The number of carbonyl (C=O) groups is 2. The molecule has 0 atom stereocenters. The quantitative estimate of drug-likeness (QED) is 0.265. The average Bonchev–Trinajstić information content (AvgIpc) is 3.00. The fourth-order valence-electron chi connectivity index (χ4n) is 2.39. The van der Waals surface area contributed by atoms with Crippen molar-refractivity contribution < 1.29 is 31.9 Å². The molecule has 1 N–H and O–H groups in total. The predicted molar refractivity (Wildman–Crippen MR) is 111 cm³/mol. The number of amides is 2. The second-order valence-corrected chi connectivity index (χ2v) is 9.09. The molecular weight excluding hydrogens is 504 g/mol. The Morgan fingerprint density at radius 3 is 2.57 bits per heavy atom. The number of halogens is 1. The summed E-state index contributed by atoms with van der Waals surface area (Å²) in [5.74, 6) is -0.723. The normalized spacial score (nSPS) is 15.2. The van der Waals surface area contributed by atoms with Crippen molar-refractivity contribution in [1.82, 2.24) is 5.32 Å². The van der Waals surface area contributed by atoms with E-state index in [1.54, 1.807) is 0 Å². The third-order valence-corrected chi connectivity index (χ3v) is 6.32. The SMILES string of the molecule is COc1cc(/C=C2\SC(=O)NC2=O)cc(Br)c1OS(=O)(=O)c1cccc([N+](=O)[O-])c1. The smallest absolute Gasteiger partial charge is 0.339 e. The van der Waals surface area contributed by atoms with Crippen LogP contribution in [0.2, 0.25) is 0 Å². The highest BCUT2D eigenvalue weighted by Crippen LogP contribution is 2.40. The van der Waals surface area contributed by atoms with Crippen LogP contribution in [0.5, 0.6) is 11.5 Å². The molecule has 1 saturated heterocycles. The minimum Gasteiger partial charge on any atom is -0.493 e. The zero-order chi connectivity index (χ0) is 22.1. The molecule has 1 aliphatic rings. The fourth-order valence-corrected chi connectivity index (χ4v) is 4.71. The molecule has 1 aliphatic heterocycles. The molecule has 2 aromatic carbocycles. The highest BCUT2D eigenvalue weighted by atomic mass is 79.9. The maximum Gasteiger partial charge on any atom is 0.339 e. The predicted octanol–water partition coefficient (Wildman–Crippen LogP) is 3.46. The number of imide groups is 1. The van der Waals surface area contributed by atoms with E-state index < -0.39 is 36.8 Å².